The van der Waals surface area contributed by atoms with Gasteiger partial charge in [0.2, 0.25) is 0 Å². The highest BCUT2D eigenvalue weighted by molar-refractivity contribution is 4.79. The van der Waals surface area contributed by atoms with Crippen LogP contribution in [0.25, 0.3) is 0 Å². The summed E-state index contributed by atoms with van der Waals surface area (Å²) in [4.78, 5) is 3.95. The Bertz CT molecular complexity index is 146. The monoisotopic (exact) mass is 126 g/mol. The SMILES string of the molecule is CNCCc1ncn[nH]1. The van der Waals surface area contributed by atoms with Crippen molar-refractivity contribution in [3.63, 3.8) is 0 Å². The second kappa shape index (κ2) is 3.19. The van der Waals surface area contributed by atoms with Gasteiger partial charge in [0.05, 0.1) is 0 Å². The zero-order valence-corrected chi connectivity index (χ0v) is 5.39. The van der Waals surface area contributed by atoms with Crippen LogP contribution in [0.1, 0.15) is 5.82 Å². The number of hydrogen-bond donors (Lipinski definition) is 2. The van der Waals surface area contributed by atoms with Gasteiger partial charge in [-0.3, -0.25) is 5.10 Å². The van der Waals surface area contributed by atoms with E-state index >= 15 is 0 Å². The van der Waals surface area contributed by atoms with Gasteiger partial charge in [-0.05, 0) is 7.05 Å². The van der Waals surface area contributed by atoms with Crippen LogP contribution in [-0.2, 0) is 6.42 Å². The maximum Gasteiger partial charge on any atom is 0.137 e. The van der Waals surface area contributed by atoms with E-state index in [-0.39, 0.29) is 0 Å². The Kier molecular flexibility index (Phi) is 2.21. The lowest BCUT2D eigenvalue weighted by Gasteiger charge is -1.91. The maximum absolute atomic E-state index is 3.95. The molecule has 50 valence electrons. The molecule has 1 heterocycles. The molecule has 0 aliphatic carbocycles. The first-order chi connectivity index (χ1) is 4.43. The molecule has 0 saturated carbocycles. The lowest BCUT2D eigenvalue weighted by molar-refractivity contribution is 0.758. The fraction of sp³-hybridized carbons (Fsp3) is 0.600. The van der Waals surface area contributed by atoms with Crippen molar-refractivity contribution in [3.8, 4) is 0 Å². The van der Waals surface area contributed by atoms with E-state index in [0.717, 1.165) is 18.8 Å². The zero-order valence-electron chi connectivity index (χ0n) is 5.39. The van der Waals surface area contributed by atoms with Crippen molar-refractivity contribution < 1.29 is 0 Å². The summed E-state index contributed by atoms with van der Waals surface area (Å²) >= 11 is 0. The second-order valence-corrected chi connectivity index (χ2v) is 1.79. The quantitative estimate of drug-likeness (QED) is 0.577. The fourth-order valence-corrected chi connectivity index (χ4v) is 0.595. The Morgan fingerprint density at radius 2 is 2.67 bits per heavy atom. The van der Waals surface area contributed by atoms with E-state index < -0.39 is 0 Å². The molecule has 1 aromatic heterocycles. The van der Waals surface area contributed by atoms with E-state index in [1.54, 1.807) is 0 Å². The van der Waals surface area contributed by atoms with Crippen LogP contribution < -0.4 is 5.32 Å². The highest BCUT2D eigenvalue weighted by Crippen LogP contribution is 1.83. The summed E-state index contributed by atoms with van der Waals surface area (Å²) in [6, 6.07) is 0. The summed E-state index contributed by atoms with van der Waals surface area (Å²) in [5.41, 5.74) is 0. The summed E-state index contributed by atoms with van der Waals surface area (Å²) in [6.45, 7) is 0.940. The van der Waals surface area contributed by atoms with Crippen LogP contribution >= 0.6 is 0 Å². The van der Waals surface area contributed by atoms with Crippen LogP contribution in [0.5, 0.6) is 0 Å². The van der Waals surface area contributed by atoms with Gasteiger partial charge in [0.25, 0.3) is 0 Å². The average molecular weight is 126 g/mol. The molecule has 0 fully saturated rings. The van der Waals surface area contributed by atoms with Crippen LogP contribution in [0, 0.1) is 0 Å². The van der Waals surface area contributed by atoms with E-state index in [0.29, 0.717) is 0 Å². The van der Waals surface area contributed by atoms with Gasteiger partial charge in [0, 0.05) is 13.0 Å². The van der Waals surface area contributed by atoms with Gasteiger partial charge in [-0.1, -0.05) is 0 Å². The minimum atomic E-state index is 0.913. The van der Waals surface area contributed by atoms with Crippen LogP contribution in [0.15, 0.2) is 6.33 Å². The zero-order chi connectivity index (χ0) is 6.53. The van der Waals surface area contributed by atoms with Crippen molar-refractivity contribution in [2.24, 2.45) is 0 Å². The Hall–Kier alpha value is -0.900. The molecule has 1 rings (SSSR count). The number of aromatic nitrogens is 3. The summed E-state index contributed by atoms with van der Waals surface area (Å²) in [5.74, 6) is 0.935. The molecule has 0 unspecified atom stereocenters. The third-order valence-electron chi connectivity index (χ3n) is 1.08. The first-order valence-corrected chi connectivity index (χ1v) is 2.92. The number of aromatic amines is 1. The maximum atomic E-state index is 3.95. The minimum absolute atomic E-state index is 0.913. The number of likely N-dealkylation sites (N-methyl/N-ethyl adjacent to an activating group) is 1. The lowest BCUT2D eigenvalue weighted by Crippen LogP contribution is -2.10. The molecular formula is C5H10N4. The Labute approximate surface area is 53.7 Å². The molecule has 9 heavy (non-hydrogen) atoms. The highest BCUT2D eigenvalue weighted by Gasteiger charge is 1.90. The van der Waals surface area contributed by atoms with E-state index in [4.69, 9.17) is 0 Å². The second-order valence-electron chi connectivity index (χ2n) is 1.79. The minimum Gasteiger partial charge on any atom is -0.319 e. The number of nitrogens with zero attached hydrogens (tertiary/aromatic N) is 2. The molecule has 0 amide bonds. The molecule has 0 saturated heterocycles. The van der Waals surface area contributed by atoms with Gasteiger partial charge in [0.1, 0.15) is 12.2 Å². The summed E-state index contributed by atoms with van der Waals surface area (Å²) in [7, 11) is 1.91. The number of hydrogen-bond acceptors (Lipinski definition) is 3. The van der Waals surface area contributed by atoms with Gasteiger partial charge < -0.3 is 5.32 Å². The van der Waals surface area contributed by atoms with Gasteiger partial charge >= 0.3 is 0 Å². The van der Waals surface area contributed by atoms with Gasteiger partial charge in [-0.25, -0.2) is 4.98 Å². The topological polar surface area (TPSA) is 53.6 Å². The van der Waals surface area contributed by atoms with Crippen LogP contribution in [0.2, 0.25) is 0 Å². The van der Waals surface area contributed by atoms with Gasteiger partial charge in [-0.2, -0.15) is 5.10 Å². The van der Waals surface area contributed by atoms with Gasteiger partial charge in [0.15, 0.2) is 0 Å². The molecular weight excluding hydrogens is 116 g/mol. The smallest absolute Gasteiger partial charge is 0.137 e. The molecule has 2 N–H and O–H groups in total. The number of rotatable bonds is 3. The molecule has 4 heteroatoms. The third-order valence-corrected chi connectivity index (χ3v) is 1.08. The van der Waals surface area contributed by atoms with Gasteiger partial charge in [-0.15, -0.1) is 0 Å². The Morgan fingerprint density at radius 3 is 3.22 bits per heavy atom. The number of H-pyrrole nitrogens is 1. The highest BCUT2D eigenvalue weighted by atomic mass is 15.2. The first kappa shape index (κ1) is 6.22. The molecule has 0 radical (unpaired) electrons. The lowest BCUT2D eigenvalue weighted by atomic mass is 10.4. The van der Waals surface area contributed by atoms with Crippen LogP contribution in [0.4, 0.5) is 0 Å². The van der Waals surface area contributed by atoms with Crippen molar-refractivity contribution in [1.29, 1.82) is 0 Å². The fourth-order valence-electron chi connectivity index (χ4n) is 0.595. The predicted molar refractivity (Wildman–Crippen MR) is 34.0 cm³/mol. The largest absolute Gasteiger partial charge is 0.319 e. The predicted octanol–water partition coefficient (Wildman–Crippen LogP) is -0.433. The Balaban J connectivity index is 2.30. The first-order valence-electron chi connectivity index (χ1n) is 2.92. The normalized spacial score (nSPS) is 9.89. The van der Waals surface area contributed by atoms with Crippen molar-refractivity contribution in [3.05, 3.63) is 12.2 Å². The van der Waals surface area contributed by atoms with E-state index in [1.807, 2.05) is 7.05 Å². The summed E-state index contributed by atoms with van der Waals surface area (Å²) in [5, 5.41) is 9.50. The summed E-state index contributed by atoms with van der Waals surface area (Å²) < 4.78 is 0. The average Bonchev–Trinajstić information content (AvgIpc) is 2.34. The summed E-state index contributed by atoms with van der Waals surface area (Å²) in [6.07, 6.45) is 2.43. The van der Waals surface area contributed by atoms with E-state index in [9.17, 15) is 0 Å². The molecule has 4 nitrogen and oxygen atoms in total. The van der Waals surface area contributed by atoms with Crippen molar-refractivity contribution in [2.45, 2.75) is 6.42 Å². The molecule has 0 aliphatic heterocycles. The molecule has 0 bridgehead atoms. The third kappa shape index (κ3) is 1.81. The number of nitrogens with one attached hydrogen (secondary N) is 2. The van der Waals surface area contributed by atoms with E-state index in [2.05, 4.69) is 20.5 Å². The molecule has 1 aromatic rings. The van der Waals surface area contributed by atoms with Crippen LogP contribution in [0.3, 0.4) is 0 Å². The standard InChI is InChI=1S/C5H10N4/c1-6-3-2-5-7-4-8-9-5/h4,6H,2-3H2,1H3,(H,7,8,9). The molecule has 0 aliphatic rings. The molecule has 0 atom stereocenters. The van der Waals surface area contributed by atoms with Crippen molar-refractivity contribution >= 4 is 0 Å². The Morgan fingerprint density at radius 1 is 1.78 bits per heavy atom. The van der Waals surface area contributed by atoms with Crippen LogP contribution in [-0.4, -0.2) is 28.8 Å². The molecule has 0 aromatic carbocycles. The molecule has 0 spiro atoms. The van der Waals surface area contributed by atoms with Crippen molar-refractivity contribution in [1.82, 2.24) is 20.5 Å². The van der Waals surface area contributed by atoms with Crippen molar-refractivity contribution in [2.75, 3.05) is 13.6 Å². The van der Waals surface area contributed by atoms with E-state index in [1.165, 1.54) is 6.33 Å².